The molecule has 4 nitrogen and oxygen atoms in total. The Morgan fingerprint density at radius 1 is 1.12 bits per heavy atom. The summed E-state index contributed by atoms with van der Waals surface area (Å²) >= 11 is 0. The van der Waals surface area contributed by atoms with Crippen molar-refractivity contribution in [2.75, 3.05) is 5.43 Å². The molecule has 2 aromatic carbocycles. The minimum atomic E-state index is 0.730. The molecule has 4 N–H and O–H groups in total. The Morgan fingerprint density at radius 2 is 1.79 bits per heavy atom. The second-order valence-electron chi connectivity index (χ2n) is 5.92. The van der Waals surface area contributed by atoms with E-state index in [-0.39, 0.29) is 0 Å². The second-order valence-corrected chi connectivity index (χ2v) is 5.92. The van der Waals surface area contributed by atoms with Crippen molar-refractivity contribution in [3.05, 3.63) is 64.9 Å². The average molecular weight is 323 g/mol. The molecule has 0 bridgehead atoms. The molecule has 2 rings (SSSR count). The summed E-state index contributed by atoms with van der Waals surface area (Å²) in [5.41, 5.74) is 10.4. The minimum absolute atomic E-state index is 0.730. The van der Waals surface area contributed by atoms with Crippen molar-refractivity contribution >= 4 is 12.1 Å². The van der Waals surface area contributed by atoms with Crippen LogP contribution in [0.2, 0.25) is 0 Å². The van der Waals surface area contributed by atoms with Gasteiger partial charge in [-0.05, 0) is 54.7 Å². The normalized spacial score (nSPS) is 11.7. The van der Waals surface area contributed by atoms with Crippen LogP contribution < -0.4 is 16.6 Å². The summed E-state index contributed by atoms with van der Waals surface area (Å²) in [6.07, 6.45) is 2.40. The monoisotopic (exact) mass is 323 g/mol. The Morgan fingerprint density at radius 3 is 2.33 bits per heavy atom. The predicted octanol–water partition coefficient (Wildman–Crippen LogP) is 3.92. The summed E-state index contributed by atoms with van der Waals surface area (Å²) in [6, 6.07) is 14.6. The third kappa shape index (κ3) is 4.24. The van der Waals surface area contributed by atoms with Gasteiger partial charge in [0.25, 0.3) is 0 Å². The maximum absolute atomic E-state index is 10.8. The largest absolute Gasteiger partial charge is 0.332 e. The zero-order chi connectivity index (χ0) is 17.5. The number of hydrazine groups is 1. The SMILES string of the molecule is CCC(C)=C(Cc1ccc(-c2ccc(NN)c(C)c2)cc1)NC=O. The van der Waals surface area contributed by atoms with E-state index in [2.05, 4.69) is 61.0 Å². The molecular formula is C20H25N3O. The van der Waals surface area contributed by atoms with Gasteiger partial charge in [-0.25, -0.2) is 0 Å². The van der Waals surface area contributed by atoms with E-state index < -0.39 is 0 Å². The highest BCUT2D eigenvalue weighted by atomic mass is 16.1. The van der Waals surface area contributed by atoms with E-state index in [1.807, 2.05) is 13.0 Å². The Bertz CT molecular complexity index is 733. The molecule has 0 heterocycles. The Balaban J connectivity index is 2.21. The zero-order valence-electron chi connectivity index (χ0n) is 14.5. The number of amides is 1. The third-order valence-electron chi connectivity index (χ3n) is 4.33. The van der Waals surface area contributed by atoms with Crippen LogP contribution in [0, 0.1) is 6.92 Å². The molecular weight excluding hydrogens is 298 g/mol. The molecule has 24 heavy (non-hydrogen) atoms. The Labute approximate surface area is 143 Å². The van der Waals surface area contributed by atoms with Crippen molar-refractivity contribution in [1.29, 1.82) is 0 Å². The van der Waals surface area contributed by atoms with Gasteiger partial charge in [0, 0.05) is 12.1 Å². The van der Waals surface area contributed by atoms with Crippen molar-refractivity contribution < 1.29 is 4.79 Å². The first-order valence-electron chi connectivity index (χ1n) is 8.14. The average Bonchev–Trinajstić information content (AvgIpc) is 2.61. The summed E-state index contributed by atoms with van der Waals surface area (Å²) in [5, 5.41) is 2.83. The number of hydrogen-bond donors (Lipinski definition) is 3. The number of nitrogens with one attached hydrogen (secondary N) is 2. The van der Waals surface area contributed by atoms with E-state index in [1.54, 1.807) is 0 Å². The smallest absolute Gasteiger partial charge is 0.211 e. The first-order valence-corrected chi connectivity index (χ1v) is 8.14. The van der Waals surface area contributed by atoms with Gasteiger partial charge in [-0.3, -0.25) is 10.6 Å². The van der Waals surface area contributed by atoms with Crippen molar-refractivity contribution in [2.45, 2.75) is 33.6 Å². The fraction of sp³-hybridized carbons (Fsp3) is 0.250. The topological polar surface area (TPSA) is 67.2 Å². The lowest BCUT2D eigenvalue weighted by atomic mass is 9.99. The highest BCUT2D eigenvalue weighted by Gasteiger charge is 2.05. The summed E-state index contributed by atoms with van der Waals surface area (Å²) in [7, 11) is 0. The number of nitrogen functional groups attached to an aromatic ring is 1. The number of benzene rings is 2. The molecule has 0 aliphatic carbocycles. The molecule has 0 spiro atoms. The van der Waals surface area contributed by atoms with Gasteiger partial charge >= 0.3 is 0 Å². The molecule has 2 aromatic rings. The van der Waals surface area contributed by atoms with Crippen LogP contribution in [-0.2, 0) is 11.2 Å². The lowest BCUT2D eigenvalue weighted by Gasteiger charge is -2.12. The number of hydrogen-bond acceptors (Lipinski definition) is 3. The van der Waals surface area contributed by atoms with Gasteiger partial charge in [0.05, 0.1) is 5.69 Å². The van der Waals surface area contributed by atoms with Crippen LogP contribution in [0.5, 0.6) is 0 Å². The van der Waals surface area contributed by atoms with E-state index in [0.29, 0.717) is 0 Å². The van der Waals surface area contributed by atoms with Crippen LogP contribution in [0.3, 0.4) is 0 Å². The number of carbonyl (C=O) groups is 1. The molecule has 0 saturated carbocycles. The lowest BCUT2D eigenvalue weighted by molar-refractivity contribution is -0.109. The van der Waals surface area contributed by atoms with E-state index in [1.165, 1.54) is 11.1 Å². The Hall–Kier alpha value is -2.59. The predicted molar refractivity (Wildman–Crippen MR) is 100 cm³/mol. The van der Waals surface area contributed by atoms with Crippen LogP contribution in [0.1, 0.15) is 31.4 Å². The number of nitrogens with two attached hydrogens (primary N) is 1. The highest BCUT2D eigenvalue weighted by molar-refractivity contribution is 5.68. The van der Waals surface area contributed by atoms with Crippen molar-refractivity contribution in [2.24, 2.45) is 5.84 Å². The molecule has 0 aromatic heterocycles. The van der Waals surface area contributed by atoms with Crippen molar-refractivity contribution in [1.82, 2.24) is 5.32 Å². The number of carbonyl (C=O) groups excluding carboxylic acids is 1. The molecule has 0 saturated heterocycles. The molecule has 4 heteroatoms. The Kier molecular flexibility index (Phi) is 6.15. The standard InChI is InChI=1S/C20H25N3O/c1-4-14(2)20(22-13-24)12-16-5-7-17(8-6-16)18-9-10-19(23-21)15(3)11-18/h5-11,13,23H,4,12,21H2,1-3H3,(H,22,24). The molecule has 1 amide bonds. The zero-order valence-corrected chi connectivity index (χ0v) is 14.5. The van der Waals surface area contributed by atoms with E-state index in [0.717, 1.165) is 47.3 Å². The molecule has 0 aliphatic heterocycles. The molecule has 0 atom stereocenters. The van der Waals surface area contributed by atoms with Gasteiger partial charge in [-0.15, -0.1) is 0 Å². The molecule has 126 valence electrons. The van der Waals surface area contributed by atoms with E-state index in [4.69, 9.17) is 5.84 Å². The van der Waals surface area contributed by atoms with Gasteiger partial charge in [0.2, 0.25) is 6.41 Å². The maximum atomic E-state index is 10.8. The summed E-state index contributed by atoms with van der Waals surface area (Å²) in [4.78, 5) is 10.8. The van der Waals surface area contributed by atoms with E-state index >= 15 is 0 Å². The second kappa shape index (κ2) is 8.31. The molecule has 0 aliphatic rings. The van der Waals surface area contributed by atoms with Gasteiger partial charge in [0.1, 0.15) is 0 Å². The number of anilines is 1. The fourth-order valence-corrected chi connectivity index (χ4v) is 2.63. The van der Waals surface area contributed by atoms with Gasteiger partial charge in [0.15, 0.2) is 0 Å². The molecule has 0 radical (unpaired) electrons. The van der Waals surface area contributed by atoms with Gasteiger partial charge < -0.3 is 10.7 Å². The van der Waals surface area contributed by atoms with Crippen LogP contribution in [0.25, 0.3) is 11.1 Å². The first kappa shape index (κ1) is 17.8. The lowest BCUT2D eigenvalue weighted by Crippen LogP contribution is -2.14. The van der Waals surface area contributed by atoms with Crippen molar-refractivity contribution in [3.63, 3.8) is 0 Å². The number of allylic oxidation sites excluding steroid dienone is 2. The van der Waals surface area contributed by atoms with Crippen LogP contribution in [-0.4, -0.2) is 6.41 Å². The number of rotatable bonds is 7. The molecule has 0 unspecified atom stereocenters. The quantitative estimate of drug-likeness (QED) is 0.411. The van der Waals surface area contributed by atoms with Gasteiger partial charge in [-0.2, -0.15) is 0 Å². The van der Waals surface area contributed by atoms with Crippen LogP contribution in [0.4, 0.5) is 5.69 Å². The summed E-state index contributed by atoms with van der Waals surface area (Å²) in [6.45, 7) is 6.17. The van der Waals surface area contributed by atoms with Gasteiger partial charge in [-0.1, -0.05) is 42.8 Å². The van der Waals surface area contributed by atoms with Crippen molar-refractivity contribution in [3.8, 4) is 11.1 Å². The number of aryl methyl sites for hydroxylation is 1. The maximum Gasteiger partial charge on any atom is 0.211 e. The van der Waals surface area contributed by atoms with Crippen LogP contribution >= 0.6 is 0 Å². The van der Waals surface area contributed by atoms with Crippen LogP contribution in [0.15, 0.2) is 53.7 Å². The summed E-state index contributed by atoms with van der Waals surface area (Å²) in [5.74, 6) is 5.48. The van der Waals surface area contributed by atoms with E-state index in [9.17, 15) is 4.79 Å². The molecule has 0 fully saturated rings. The third-order valence-corrected chi connectivity index (χ3v) is 4.33. The summed E-state index contributed by atoms with van der Waals surface area (Å²) < 4.78 is 0. The minimum Gasteiger partial charge on any atom is -0.332 e. The first-order chi connectivity index (χ1) is 11.6. The fourth-order valence-electron chi connectivity index (χ4n) is 2.63. The highest BCUT2D eigenvalue weighted by Crippen LogP contribution is 2.25.